The van der Waals surface area contributed by atoms with Gasteiger partial charge in [0.2, 0.25) is 0 Å². The number of hydrogen-bond acceptors (Lipinski definition) is 4. The first-order valence-corrected chi connectivity index (χ1v) is 11.5. The molecule has 31 heavy (non-hydrogen) atoms. The van der Waals surface area contributed by atoms with E-state index in [9.17, 15) is 4.79 Å². The lowest BCUT2D eigenvalue weighted by molar-refractivity contribution is -0.146. The average Bonchev–Trinajstić information content (AvgIpc) is 2.79. The van der Waals surface area contributed by atoms with Gasteiger partial charge in [-0.2, -0.15) is 0 Å². The van der Waals surface area contributed by atoms with Gasteiger partial charge in [-0.05, 0) is 64.1 Å². The molecule has 0 aromatic heterocycles. The number of guanidine groups is 1. The van der Waals surface area contributed by atoms with Gasteiger partial charge in [-0.3, -0.25) is 14.7 Å². The van der Waals surface area contributed by atoms with Gasteiger partial charge >= 0.3 is 5.97 Å². The molecular formula is C24H39IN4O2. The van der Waals surface area contributed by atoms with Crippen molar-refractivity contribution in [2.24, 2.45) is 16.8 Å². The quantitative estimate of drug-likeness (QED) is 0.257. The molecule has 2 heterocycles. The summed E-state index contributed by atoms with van der Waals surface area (Å²) in [5.41, 5.74) is 2.73. The predicted molar refractivity (Wildman–Crippen MR) is 137 cm³/mol. The smallest absolute Gasteiger partial charge is 0.308 e. The van der Waals surface area contributed by atoms with Gasteiger partial charge in [-0.15, -0.1) is 24.0 Å². The zero-order valence-corrected chi connectivity index (χ0v) is 21.6. The van der Waals surface area contributed by atoms with Gasteiger partial charge in [0.25, 0.3) is 0 Å². The highest BCUT2D eigenvalue weighted by Crippen LogP contribution is 2.21. The van der Waals surface area contributed by atoms with E-state index in [-0.39, 0.29) is 35.9 Å². The van der Waals surface area contributed by atoms with Crippen molar-refractivity contribution in [1.82, 2.24) is 15.1 Å². The maximum Gasteiger partial charge on any atom is 0.308 e. The Labute approximate surface area is 204 Å². The summed E-state index contributed by atoms with van der Waals surface area (Å²) in [5.74, 6) is 1.62. The topological polar surface area (TPSA) is 57.2 Å². The van der Waals surface area contributed by atoms with Gasteiger partial charge in [-0.1, -0.05) is 29.8 Å². The number of benzene rings is 1. The highest BCUT2D eigenvalue weighted by molar-refractivity contribution is 14.0. The van der Waals surface area contributed by atoms with Crippen molar-refractivity contribution < 1.29 is 9.53 Å². The maximum absolute atomic E-state index is 11.8. The van der Waals surface area contributed by atoms with Crippen LogP contribution in [0.4, 0.5) is 0 Å². The molecule has 0 spiro atoms. The van der Waals surface area contributed by atoms with Crippen LogP contribution in [-0.2, 0) is 16.1 Å². The summed E-state index contributed by atoms with van der Waals surface area (Å²) in [6.45, 7) is 11.1. The fourth-order valence-electron chi connectivity index (χ4n) is 4.41. The van der Waals surface area contributed by atoms with Crippen LogP contribution >= 0.6 is 24.0 Å². The number of nitrogens with zero attached hydrogens (tertiary/aromatic N) is 3. The molecule has 3 rings (SSSR count). The third kappa shape index (κ3) is 7.93. The lowest BCUT2D eigenvalue weighted by atomic mass is 9.96. The summed E-state index contributed by atoms with van der Waals surface area (Å²) in [6, 6.07) is 8.90. The largest absolute Gasteiger partial charge is 0.469 e. The molecule has 174 valence electrons. The number of piperidine rings is 2. The number of aryl methyl sites for hydroxylation is 1. The lowest BCUT2D eigenvalue weighted by Crippen LogP contribution is -2.47. The maximum atomic E-state index is 11.8. The number of rotatable bonds is 6. The van der Waals surface area contributed by atoms with E-state index in [2.05, 4.69) is 53.2 Å². The van der Waals surface area contributed by atoms with Crippen LogP contribution in [-0.4, -0.2) is 68.1 Å². The van der Waals surface area contributed by atoms with Crippen molar-refractivity contribution in [3.63, 3.8) is 0 Å². The van der Waals surface area contributed by atoms with Crippen molar-refractivity contribution in [2.75, 3.05) is 46.4 Å². The minimum atomic E-state index is -0.0750. The van der Waals surface area contributed by atoms with Crippen LogP contribution in [0.3, 0.4) is 0 Å². The number of esters is 1. The molecule has 1 N–H and O–H groups in total. The number of nitrogens with one attached hydrogen (secondary N) is 1. The van der Waals surface area contributed by atoms with Crippen LogP contribution in [0.1, 0.15) is 43.7 Å². The standard InChI is InChI=1S/C24H38N4O2.HI/c1-4-25-24(28-15-11-22(12-16-28)23(29)30-3)26-17-20-9-13-27(14-10-20)18-21-7-5-19(2)6-8-21;/h5-8,20,22H,4,9-18H2,1-3H3,(H,25,26);1H. The van der Waals surface area contributed by atoms with Crippen molar-refractivity contribution in [2.45, 2.75) is 46.1 Å². The Hall–Kier alpha value is -1.35. The minimum Gasteiger partial charge on any atom is -0.469 e. The van der Waals surface area contributed by atoms with Crippen LogP contribution in [0, 0.1) is 18.8 Å². The Balaban J connectivity index is 0.00000341. The molecule has 0 unspecified atom stereocenters. The first kappa shape index (κ1) is 25.9. The number of methoxy groups -OCH3 is 1. The minimum absolute atomic E-state index is 0. The Kier molecular flexibility index (Phi) is 11.1. The van der Waals surface area contributed by atoms with E-state index in [1.807, 2.05) is 0 Å². The summed E-state index contributed by atoms with van der Waals surface area (Å²) in [5, 5.41) is 3.45. The number of carbonyl (C=O) groups excluding carboxylic acids is 1. The van der Waals surface area contributed by atoms with E-state index in [4.69, 9.17) is 9.73 Å². The highest BCUT2D eigenvalue weighted by atomic mass is 127. The monoisotopic (exact) mass is 542 g/mol. The van der Waals surface area contributed by atoms with Crippen LogP contribution in [0.5, 0.6) is 0 Å². The molecule has 0 saturated carbocycles. The van der Waals surface area contributed by atoms with E-state index in [0.717, 1.165) is 64.6 Å². The fourth-order valence-corrected chi connectivity index (χ4v) is 4.41. The number of carbonyl (C=O) groups is 1. The molecule has 0 radical (unpaired) electrons. The lowest BCUT2D eigenvalue weighted by Gasteiger charge is -2.34. The second-order valence-corrected chi connectivity index (χ2v) is 8.68. The summed E-state index contributed by atoms with van der Waals surface area (Å²) in [6.07, 6.45) is 4.10. The van der Waals surface area contributed by atoms with Gasteiger partial charge < -0.3 is 15.0 Å². The van der Waals surface area contributed by atoms with Crippen LogP contribution < -0.4 is 5.32 Å². The Morgan fingerprint density at radius 2 is 1.74 bits per heavy atom. The second-order valence-electron chi connectivity index (χ2n) is 8.68. The van der Waals surface area contributed by atoms with Crippen molar-refractivity contribution >= 4 is 35.9 Å². The van der Waals surface area contributed by atoms with Gasteiger partial charge in [0.05, 0.1) is 13.0 Å². The molecule has 0 bridgehead atoms. The average molecular weight is 543 g/mol. The zero-order valence-electron chi connectivity index (χ0n) is 19.3. The molecule has 0 atom stereocenters. The summed E-state index contributed by atoms with van der Waals surface area (Å²) < 4.78 is 4.90. The Morgan fingerprint density at radius 1 is 1.10 bits per heavy atom. The molecule has 2 aliphatic heterocycles. The summed E-state index contributed by atoms with van der Waals surface area (Å²) >= 11 is 0. The van der Waals surface area contributed by atoms with Crippen molar-refractivity contribution in [1.29, 1.82) is 0 Å². The summed E-state index contributed by atoms with van der Waals surface area (Å²) in [4.78, 5) is 21.6. The normalized spacial score (nSPS) is 19.1. The van der Waals surface area contributed by atoms with Gasteiger partial charge in [-0.25, -0.2) is 0 Å². The third-order valence-corrected chi connectivity index (χ3v) is 6.40. The third-order valence-electron chi connectivity index (χ3n) is 6.40. The van der Waals surface area contributed by atoms with Crippen molar-refractivity contribution in [3.8, 4) is 0 Å². The molecule has 1 aromatic rings. The molecule has 6 nitrogen and oxygen atoms in total. The van der Waals surface area contributed by atoms with Crippen molar-refractivity contribution in [3.05, 3.63) is 35.4 Å². The van der Waals surface area contributed by atoms with Crippen LogP contribution in [0.15, 0.2) is 29.3 Å². The van der Waals surface area contributed by atoms with E-state index in [1.165, 1.54) is 31.1 Å². The molecule has 2 fully saturated rings. The Bertz CT molecular complexity index is 694. The number of hydrogen-bond donors (Lipinski definition) is 1. The second kappa shape index (κ2) is 13.3. The Morgan fingerprint density at radius 3 is 2.32 bits per heavy atom. The summed E-state index contributed by atoms with van der Waals surface area (Å²) in [7, 11) is 1.48. The molecule has 7 heteroatoms. The number of halogens is 1. The van der Waals surface area contributed by atoms with Crippen LogP contribution in [0.2, 0.25) is 0 Å². The van der Waals surface area contributed by atoms with E-state index >= 15 is 0 Å². The molecule has 0 amide bonds. The van der Waals surface area contributed by atoms with Crippen LogP contribution in [0.25, 0.3) is 0 Å². The highest BCUT2D eigenvalue weighted by Gasteiger charge is 2.27. The van der Waals surface area contributed by atoms with Gasteiger partial charge in [0.1, 0.15) is 0 Å². The van der Waals surface area contributed by atoms with Gasteiger partial charge in [0.15, 0.2) is 5.96 Å². The fraction of sp³-hybridized carbons (Fsp3) is 0.667. The molecule has 2 saturated heterocycles. The first-order chi connectivity index (χ1) is 14.6. The molecule has 1 aromatic carbocycles. The SMILES string of the molecule is CCNC(=NCC1CCN(Cc2ccc(C)cc2)CC1)N1CCC(C(=O)OC)CC1.I. The number of ether oxygens (including phenoxy) is 1. The van der Waals surface area contributed by atoms with Gasteiger partial charge in [0, 0.05) is 32.7 Å². The predicted octanol–water partition coefficient (Wildman–Crippen LogP) is 3.68. The molecule has 0 aliphatic carbocycles. The van der Waals surface area contributed by atoms with E-state index in [1.54, 1.807) is 0 Å². The molecular weight excluding hydrogens is 503 g/mol. The van der Waals surface area contributed by atoms with E-state index in [0.29, 0.717) is 5.92 Å². The number of likely N-dealkylation sites (tertiary alicyclic amines) is 2. The number of aliphatic imine (C=N–C) groups is 1. The first-order valence-electron chi connectivity index (χ1n) is 11.5. The molecule has 2 aliphatic rings. The zero-order chi connectivity index (χ0) is 21.3. The van der Waals surface area contributed by atoms with E-state index < -0.39 is 0 Å².